The van der Waals surface area contributed by atoms with Gasteiger partial charge >= 0.3 is 5.97 Å². The summed E-state index contributed by atoms with van der Waals surface area (Å²) >= 11 is 0. The molecular formula is C19H18O3. The van der Waals surface area contributed by atoms with Crippen LogP contribution in [-0.2, 0) is 17.6 Å². The van der Waals surface area contributed by atoms with Crippen LogP contribution in [0.1, 0.15) is 16.7 Å². The van der Waals surface area contributed by atoms with Gasteiger partial charge in [0.15, 0.2) is 0 Å². The molecule has 0 N–H and O–H groups in total. The summed E-state index contributed by atoms with van der Waals surface area (Å²) < 4.78 is 11.2. The second-order valence-corrected chi connectivity index (χ2v) is 5.37. The number of benzene rings is 2. The molecule has 0 bridgehead atoms. The van der Waals surface area contributed by atoms with Crippen LogP contribution in [0.2, 0.25) is 0 Å². The Morgan fingerprint density at radius 1 is 1.14 bits per heavy atom. The highest BCUT2D eigenvalue weighted by Gasteiger charge is 2.22. The minimum atomic E-state index is -0.441. The van der Waals surface area contributed by atoms with Crippen molar-refractivity contribution < 1.29 is 14.3 Å². The van der Waals surface area contributed by atoms with Gasteiger partial charge in [-0.15, -0.1) is 0 Å². The number of esters is 1. The molecule has 2 aromatic carbocycles. The van der Waals surface area contributed by atoms with Gasteiger partial charge in [0.05, 0.1) is 7.11 Å². The van der Waals surface area contributed by atoms with Crippen molar-refractivity contribution in [3.8, 4) is 11.5 Å². The molecule has 3 nitrogen and oxygen atoms in total. The molecule has 0 atom stereocenters. The average molecular weight is 294 g/mol. The Morgan fingerprint density at radius 3 is 2.45 bits per heavy atom. The molecule has 0 saturated carbocycles. The van der Waals surface area contributed by atoms with E-state index in [-0.39, 0.29) is 0 Å². The van der Waals surface area contributed by atoms with E-state index in [4.69, 9.17) is 9.47 Å². The molecule has 112 valence electrons. The number of aryl methyl sites for hydroxylation is 1. The molecule has 1 aliphatic carbocycles. The molecule has 0 amide bonds. The first-order chi connectivity index (χ1) is 10.7. The van der Waals surface area contributed by atoms with Gasteiger partial charge in [0.1, 0.15) is 11.5 Å². The molecule has 0 fully saturated rings. The van der Waals surface area contributed by atoms with Crippen molar-refractivity contribution in [1.29, 1.82) is 0 Å². The molecule has 0 unspecified atom stereocenters. The third kappa shape index (κ3) is 2.29. The van der Waals surface area contributed by atoms with Crippen molar-refractivity contribution >= 4 is 16.7 Å². The van der Waals surface area contributed by atoms with E-state index in [1.807, 2.05) is 19.1 Å². The first kappa shape index (κ1) is 14.4. The zero-order valence-corrected chi connectivity index (χ0v) is 12.8. The number of methoxy groups -OCH3 is 1. The monoisotopic (exact) mass is 294 g/mol. The number of hydrogen-bond acceptors (Lipinski definition) is 3. The maximum absolute atomic E-state index is 11.7. The van der Waals surface area contributed by atoms with E-state index in [9.17, 15) is 4.79 Å². The summed E-state index contributed by atoms with van der Waals surface area (Å²) in [6.45, 7) is 5.52. The van der Waals surface area contributed by atoms with Crippen molar-refractivity contribution in [3.05, 3.63) is 59.7 Å². The summed E-state index contributed by atoms with van der Waals surface area (Å²) in [6.07, 6.45) is 6.91. The minimum Gasteiger partial charge on any atom is -0.496 e. The Hall–Kier alpha value is -2.55. The highest BCUT2D eigenvalue weighted by atomic mass is 16.5. The van der Waals surface area contributed by atoms with Gasteiger partial charge in [-0.25, -0.2) is 4.79 Å². The largest absolute Gasteiger partial charge is 0.496 e. The van der Waals surface area contributed by atoms with Crippen LogP contribution in [0.25, 0.3) is 10.8 Å². The molecule has 0 aliphatic heterocycles. The normalized spacial score (nSPS) is 12.8. The lowest BCUT2D eigenvalue weighted by atomic mass is 9.90. The van der Waals surface area contributed by atoms with E-state index in [0.717, 1.165) is 46.1 Å². The third-order valence-corrected chi connectivity index (χ3v) is 3.96. The maximum Gasteiger partial charge on any atom is 0.335 e. The number of hydrogen-bond donors (Lipinski definition) is 0. The first-order valence-corrected chi connectivity index (χ1v) is 7.27. The lowest BCUT2D eigenvalue weighted by Crippen LogP contribution is -2.10. The number of carbonyl (C=O) groups excluding carboxylic acids is 1. The van der Waals surface area contributed by atoms with Gasteiger partial charge in [-0.2, -0.15) is 0 Å². The van der Waals surface area contributed by atoms with Gasteiger partial charge in [-0.3, -0.25) is 0 Å². The number of rotatable bonds is 3. The molecule has 3 heteroatoms. The molecule has 22 heavy (non-hydrogen) atoms. The Balaban J connectivity index is 2.37. The van der Waals surface area contributed by atoms with Crippen LogP contribution >= 0.6 is 0 Å². The fourth-order valence-electron chi connectivity index (χ4n) is 2.97. The smallest absolute Gasteiger partial charge is 0.335 e. The quantitative estimate of drug-likeness (QED) is 0.373. The van der Waals surface area contributed by atoms with Crippen LogP contribution in [0, 0.1) is 6.92 Å². The summed E-state index contributed by atoms with van der Waals surface area (Å²) in [6, 6.07) is 6.06. The van der Waals surface area contributed by atoms with Crippen LogP contribution in [0.3, 0.4) is 0 Å². The van der Waals surface area contributed by atoms with Crippen LogP contribution < -0.4 is 9.47 Å². The molecule has 2 aromatic rings. The first-order valence-electron chi connectivity index (χ1n) is 7.27. The number of allylic oxidation sites excluding steroid dienone is 2. The summed E-state index contributed by atoms with van der Waals surface area (Å²) in [5, 5.41) is 1.87. The Kier molecular flexibility index (Phi) is 3.72. The summed E-state index contributed by atoms with van der Waals surface area (Å²) in [4.78, 5) is 11.7. The fraction of sp³-hybridized carbons (Fsp3) is 0.211. The molecular weight excluding hydrogens is 276 g/mol. The number of ether oxygens (including phenoxy) is 2. The van der Waals surface area contributed by atoms with Crippen molar-refractivity contribution in [1.82, 2.24) is 0 Å². The summed E-state index contributed by atoms with van der Waals surface area (Å²) in [5.41, 5.74) is 3.25. The zero-order chi connectivity index (χ0) is 15.7. The van der Waals surface area contributed by atoms with E-state index in [1.165, 1.54) is 6.08 Å². The number of fused-ring (bicyclic) bond motifs is 2. The topological polar surface area (TPSA) is 35.5 Å². The molecule has 1 aliphatic rings. The van der Waals surface area contributed by atoms with Gasteiger partial charge in [0, 0.05) is 28.0 Å². The standard InChI is InChI=1S/C19H18O3/c1-4-17(20)22-19-14-8-6-5-7-13(14)18(21-3)16-11-12(2)9-10-15(16)19/h4-6,9-11H,1,7-8H2,2-3H3. The Morgan fingerprint density at radius 2 is 1.82 bits per heavy atom. The van der Waals surface area contributed by atoms with Gasteiger partial charge in [0.25, 0.3) is 0 Å². The molecule has 0 spiro atoms. The predicted octanol–water partition coefficient (Wildman–Crippen LogP) is 3.90. The second kappa shape index (κ2) is 5.68. The van der Waals surface area contributed by atoms with Crippen LogP contribution in [0.5, 0.6) is 11.5 Å². The number of carbonyl (C=O) groups is 1. The second-order valence-electron chi connectivity index (χ2n) is 5.37. The van der Waals surface area contributed by atoms with E-state index in [2.05, 4.69) is 24.8 Å². The molecule has 0 aromatic heterocycles. The predicted molar refractivity (Wildman–Crippen MR) is 87.6 cm³/mol. The highest BCUT2D eigenvalue weighted by Crippen LogP contribution is 2.43. The van der Waals surface area contributed by atoms with Crippen LogP contribution in [0.4, 0.5) is 0 Å². The van der Waals surface area contributed by atoms with Crippen molar-refractivity contribution in [2.24, 2.45) is 0 Å². The van der Waals surface area contributed by atoms with E-state index >= 15 is 0 Å². The molecule has 3 rings (SSSR count). The van der Waals surface area contributed by atoms with Crippen molar-refractivity contribution in [2.75, 3.05) is 7.11 Å². The van der Waals surface area contributed by atoms with E-state index in [0.29, 0.717) is 5.75 Å². The van der Waals surface area contributed by atoms with Crippen LogP contribution in [-0.4, -0.2) is 13.1 Å². The fourth-order valence-corrected chi connectivity index (χ4v) is 2.97. The zero-order valence-electron chi connectivity index (χ0n) is 12.8. The van der Waals surface area contributed by atoms with E-state index in [1.54, 1.807) is 7.11 Å². The third-order valence-electron chi connectivity index (χ3n) is 3.96. The van der Waals surface area contributed by atoms with Crippen LogP contribution in [0.15, 0.2) is 43.0 Å². The summed E-state index contributed by atoms with van der Waals surface area (Å²) in [5.74, 6) is 1.06. The molecule has 0 heterocycles. The minimum absolute atomic E-state index is 0.441. The lowest BCUT2D eigenvalue weighted by molar-refractivity contribution is -0.128. The Bertz CT molecular complexity index is 800. The lowest BCUT2D eigenvalue weighted by Gasteiger charge is -2.22. The molecule has 0 saturated heterocycles. The molecule has 0 radical (unpaired) electrons. The Labute approximate surface area is 129 Å². The average Bonchev–Trinajstić information content (AvgIpc) is 2.54. The maximum atomic E-state index is 11.7. The summed E-state index contributed by atoms with van der Waals surface area (Å²) in [7, 11) is 1.69. The van der Waals surface area contributed by atoms with Gasteiger partial charge in [-0.05, 0) is 25.8 Å². The van der Waals surface area contributed by atoms with Crippen molar-refractivity contribution in [2.45, 2.75) is 19.8 Å². The van der Waals surface area contributed by atoms with Crippen molar-refractivity contribution in [3.63, 3.8) is 0 Å². The van der Waals surface area contributed by atoms with Gasteiger partial charge in [-0.1, -0.05) is 36.4 Å². The van der Waals surface area contributed by atoms with Gasteiger partial charge < -0.3 is 9.47 Å². The van der Waals surface area contributed by atoms with Gasteiger partial charge in [0.2, 0.25) is 0 Å². The SMILES string of the molecule is C=CC(=O)Oc1c2c(c(OC)c3cc(C)ccc13)CC=CC2. The van der Waals surface area contributed by atoms with E-state index < -0.39 is 5.97 Å². The highest BCUT2D eigenvalue weighted by molar-refractivity contribution is 5.99.